The van der Waals surface area contributed by atoms with E-state index in [1.807, 2.05) is 11.6 Å². The first-order valence-electron chi connectivity index (χ1n) is 9.64. The molecule has 1 aromatic heterocycles. The summed E-state index contributed by atoms with van der Waals surface area (Å²) < 4.78 is 1.96. The molecular weight excluding hydrogens is 302 g/mol. The Hall–Kier alpha value is -1.43. The van der Waals surface area contributed by atoms with E-state index in [-0.39, 0.29) is 5.91 Å². The van der Waals surface area contributed by atoms with Crippen LogP contribution in [-0.4, -0.2) is 40.0 Å². The van der Waals surface area contributed by atoms with Crippen molar-refractivity contribution < 1.29 is 4.79 Å². The van der Waals surface area contributed by atoms with Crippen LogP contribution in [0, 0.1) is 12.8 Å². The number of rotatable bonds is 6. The summed E-state index contributed by atoms with van der Waals surface area (Å²) in [5.41, 5.74) is 1.41. The van der Waals surface area contributed by atoms with Gasteiger partial charge in [0.2, 0.25) is 0 Å². The van der Waals surface area contributed by atoms with Gasteiger partial charge >= 0.3 is 0 Å². The molecule has 1 aliphatic carbocycles. The molecule has 2 N–H and O–H groups in total. The molecule has 24 heavy (non-hydrogen) atoms. The third kappa shape index (κ3) is 3.79. The van der Waals surface area contributed by atoms with Gasteiger partial charge < -0.3 is 10.6 Å². The van der Waals surface area contributed by atoms with Crippen LogP contribution in [0.2, 0.25) is 0 Å². The molecule has 2 aliphatic rings. The summed E-state index contributed by atoms with van der Waals surface area (Å²) in [7, 11) is 0. The number of aromatic nitrogens is 3. The molecule has 1 saturated heterocycles. The van der Waals surface area contributed by atoms with Crippen molar-refractivity contribution in [3.05, 3.63) is 11.4 Å². The van der Waals surface area contributed by atoms with E-state index in [0.717, 1.165) is 38.0 Å². The van der Waals surface area contributed by atoms with E-state index < -0.39 is 0 Å². The predicted molar refractivity (Wildman–Crippen MR) is 94.0 cm³/mol. The van der Waals surface area contributed by atoms with E-state index in [4.69, 9.17) is 0 Å². The Bertz CT molecular complexity index is 550. The molecule has 1 amide bonds. The summed E-state index contributed by atoms with van der Waals surface area (Å²) in [6.45, 7) is 6.21. The molecule has 0 spiro atoms. The standard InChI is InChI=1S/C18H31N5O/c1-3-4-6-14-7-5-8-16(14)20-18(24)17-13(2)23(22-21-17)15-9-11-19-12-10-15/h14-16,19H,3-12H2,1-2H3,(H,20,24). The van der Waals surface area contributed by atoms with Gasteiger partial charge in [-0.3, -0.25) is 4.79 Å². The summed E-state index contributed by atoms with van der Waals surface area (Å²) in [6, 6.07) is 0.677. The normalized spacial score (nSPS) is 25.1. The molecule has 1 aromatic rings. The zero-order chi connectivity index (χ0) is 16.9. The molecule has 1 aliphatic heterocycles. The van der Waals surface area contributed by atoms with Gasteiger partial charge in [-0.2, -0.15) is 0 Å². The molecule has 6 nitrogen and oxygen atoms in total. The fourth-order valence-electron chi connectivity index (χ4n) is 4.22. The summed E-state index contributed by atoms with van der Waals surface area (Å²) in [5.74, 6) is 0.592. The van der Waals surface area contributed by atoms with Crippen molar-refractivity contribution >= 4 is 5.91 Å². The molecule has 2 fully saturated rings. The Morgan fingerprint density at radius 2 is 2.08 bits per heavy atom. The molecule has 0 aromatic carbocycles. The lowest BCUT2D eigenvalue weighted by Gasteiger charge is -2.23. The Morgan fingerprint density at radius 3 is 2.83 bits per heavy atom. The van der Waals surface area contributed by atoms with E-state index in [0.29, 0.717) is 23.7 Å². The number of nitrogens with zero attached hydrogens (tertiary/aromatic N) is 3. The number of carbonyl (C=O) groups excluding carboxylic acids is 1. The van der Waals surface area contributed by atoms with Crippen molar-refractivity contribution in [3.63, 3.8) is 0 Å². The molecule has 2 unspecified atom stereocenters. The SMILES string of the molecule is CCCCC1CCCC1NC(=O)c1nnn(C2CCNCC2)c1C. The summed E-state index contributed by atoms with van der Waals surface area (Å²) in [5, 5.41) is 15.1. The highest BCUT2D eigenvalue weighted by Gasteiger charge is 2.30. The monoisotopic (exact) mass is 333 g/mol. The minimum absolute atomic E-state index is 0.0407. The first kappa shape index (κ1) is 17.4. The van der Waals surface area contributed by atoms with Crippen LogP contribution in [0.25, 0.3) is 0 Å². The average Bonchev–Trinajstić information content (AvgIpc) is 3.20. The Labute approximate surface area is 144 Å². The van der Waals surface area contributed by atoms with Gasteiger partial charge in [0.25, 0.3) is 5.91 Å². The van der Waals surface area contributed by atoms with Crippen LogP contribution in [0.15, 0.2) is 0 Å². The highest BCUT2D eigenvalue weighted by atomic mass is 16.2. The highest BCUT2D eigenvalue weighted by molar-refractivity contribution is 5.93. The van der Waals surface area contributed by atoms with Crippen molar-refractivity contribution in [1.82, 2.24) is 25.6 Å². The molecular formula is C18H31N5O. The number of hydrogen-bond acceptors (Lipinski definition) is 4. The van der Waals surface area contributed by atoms with Crippen molar-refractivity contribution in [2.75, 3.05) is 13.1 Å². The van der Waals surface area contributed by atoms with Crippen LogP contribution in [-0.2, 0) is 0 Å². The van der Waals surface area contributed by atoms with Crippen LogP contribution >= 0.6 is 0 Å². The lowest BCUT2D eigenvalue weighted by molar-refractivity contribution is 0.0920. The van der Waals surface area contributed by atoms with Crippen molar-refractivity contribution in [1.29, 1.82) is 0 Å². The smallest absolute Gasteiger partial charge is 0.273 e. The lowest BCUT2D eigenvalue weighted by atomic mass is 9.96. The van der Waals surface area contributed by atoms with E-state index in [9.17, 15) is 4.79 Å². The van der Waals surface area contributed by atoms with Gasteiger partial charge in [0.1, 0.15) is 0 Å². The molecule has 0 bridgehead atoms. The maximum Gasteiger partial charge on any atom is 0.273 e. The molecule has 6 heteroatoms. The summed E-state index contributed by atoms with van der Waals surface area (Å²) in [6.07, 6.45) is 9.36. The number of unbranched alkanes of at least 4 members (excludes halogenated alkanes) is 1. The first-order valence-corrected chi connectivity index (χ1v) is 9.64. The molecule has 2 heterocycles. The second-order valence-electron chi connectivity index (χ2n) is 7.36. The first-order chi connectivity index (χ1) is 11.7. The Morgan fingerprint density at radius 1 is 1.29 bits per heavy atom. The van der Waals surface area contributed by atoms with Crippen LogP contribution < -0.4 is 10.6 Å². The van der Waals surface area contributed by atoms with Gasteiger partial charge in [-0.15, -0.1) is 5.10 Å². The number of carbonyl (C=O) groups is 1. The van der Waals surface area contributed by atoms with Crippen molar-refractivity contribution in [2.24, 2.45) is 5.92 Å². The fourth-order valence-corrected chi connectivity index (χ4v) is 4.22. The maximum absolute atomic E-state index is 12.7. The second-order valence-corrected chi connectivity index (χ2v) is 7.36. The summed E-state index contributed by atoms with van der Waals surface area (Å²) >= 11 is 0. The molecule has 0 radical (unpaired) electrons. The zero-order valence-electron chi connectivity index (χ0n) is 15.1. The highest BCUT2D eigenvalue weighted by Crippen LogP contribution is 2.30. The molecule has 2 atom stereocenters. The lowest BCUT2D eigenvalue weighted by Crippen LogP contribution is -2.38. The predicted octanol–water partition coefficient (Wildman–Crippen LogP) is 2.60. The number of hydrogen-bond donors (Lipinski definition) is 2. The van der Waals surface area contributed by atoms with Gasteiger partial charge in [-0.05, 0) is 58.0 Å². The Balaban J connectivity index is 1.63. The second kappa shape index (κ2) is 8.10. The number of amides is 1. The largest absolute Gasteiger partial charge is 0.348 e. The third-order valence-corrected chi connectivity index (χ3v) is 5.70. The fraction of sp³-hybridized carbons (Fsp3) is 0.833. The average molecular weight is 333 g/mol. The quantitative estimate of drug-likeness (QED) is 0.839. The van der Waals surface area contributed by atoms with Crippen LogP contribution in [0.4, 0.5) is 0 Å². The van der Waals surface area contributed by atoms with E-state index in [2.05, 4.69) is 27.9 Å². The number of nitrogens with one attached hydrogen (secondary N) is 2. The molecule has 1 saturated carbocycles. The zero-order valence-corrected chi connectivity index (χ0v) is 15.1. The van der Waals surface area contributed by atoms with Crippen LogP contribution in [0.1, 0.15) is 80.5 Å². The minimum atomic E-state index is -0.0407. The van der Waals surface area contributed by atoms with Crippen LogP contribution in [0.3, 0.4) is 0 Å². The minimum Gasteiger partial charge on any atom is -0.348 e. The van der Waals surface area contributed by atoms with Gasteiger partial charge in [0.05, 0.1) is 11.7 Å². The van der Waals surface area contributed by atoms with E-state index >= 15 is 0 Å². The third-order valence-electron chi connectivity index (χ3n) is 5.70. The summed E-state index contributed by atoms with van der Waals surface area (Å²) in [4.78, 5) is 12.7. The van der Waals surface area contributed by atoms with E-state index in [1.165, 1.54) is 32.1 Å². The van der Waals surface area contributed by atoms with Crippen LogP contribution in [0.5, 0.6) is 0 Å². The Kier molecular flexibility index (Phi) is 5.87. The van der Waals surface area contributed by atoms with Gasteiger partial charge in [0, 0.05) is 6.04 Å². The van der Waals surface area contributed by atoms with Gasteiger partial charge in [-0.1, -0.05) is 31.4 Å². The van der Waals surface area contributed by atoms with Gasteiger partial charge in [-0.25, -0.2) is 4.68 Å². The van der Waals surface area contributed by atoms with Crippen molar-refractivity contribution in [2.45, 2.75) is 77.3 Å². The van der Waals surface area contributed by atoms with Crippen molar-refractivity contribution in [3.8, 4) is 0 Å². The molecule has 134 valence electrons. The number of piperidine rings is 1. The van der Waals surface area contributed by atoms with E-state index in [1.54, 1.807) is 0 Å². The van der Waals surface area contributed by atoms with Gasteiger partial charge in [0.15, 0.2) is 5.69 Å². The topological polar surface area (TPSA) is 71.8 Å². The maximum atomic E-state index is 12.7. The molecule has 3 rings (SSSR count).